The number of benzene rings is 1. The molecule has 0 saturated carbocycles. The van der Waals surface area contributed by atoms with Crippen molar-refractivity contribution >= 4 is 33.1 Å². The lowest BCUT2D eigenvalue weighted by Gasteiger charge is -2.24. The molecule has 0 spiro atoms. The van der Waals surface area contributed by atoms with Crippen LogP contribution in [0.5, 0.6) is 0 Å². The van der Waals surface area contributed by atoms with Crippen molar-refractivity contribution in [2.45, 2.75) is 27.2 Å². The van der Waals surface area contributed by atoms with Gasteiger partial charge in [-0.3, -0.25) is 4.79 Å². The summed E-state index contributed by atoms with van der Waals surface area (Å²) in [5, 5.41) is 2.96. The summed E-state index contributed by atoms with van der Waals surface area (Å²) in [5.74, 6) is -0.168. The molecule has 5 heteroatoms. The molecule has 0 saturated heterocycles. The van der Waals surface area contributed by atoms with E-state index >= 15 is 0 Å². The molecular weight excluding hydrogens is 270 g/mol. The number of fused-ring (bicyclic) bond motifs is 1. The predicted molar refractivity (Wildman–Crippen MR) is 84.9 cm³/mol. The van der Waals surface area contributed by atoms with Gasteiger partial charge >= 0.3 is 0 Å². The SMILES string of the molecule is CC(C)(C)CC(CN)C(=O)Nc1ccc2ncsc2c1. The van der Waals surface area contributed by atoms with Gasteiger partial charge in [-0.05, 0) is 30.0 Å². The third-order valence-corrected chi connectivity index (χ3v) is 3.90. The number of amides is 1. The maximum Gasteiger partial charge on any atom is 0.228 e. The highest BCUT2D eigenvalue weighted by Gasteiger charge is 2.23. The van der Waals surface area contributed by atoms with Crippen LogP contribution in [0.3, 0.4) is 0 Å². The van der Waals surface area contributed by atoms with Gasteiger partial charge in [-0.25, -0.2) is 4.98 Å². The molecule has 20 heavy (non-hydrogen) atoms. The van der Waals surface area contributed by atoms with Crippen molar-refractivity contribution in [2.75, 3.05) is 11.9 Å². The third kappa shape index (κ3) is 3.77. The number of nitrogens with zero attached hydrogens (tertiary/aromatic N) is 1. The number of carbonyl (C=O) groups is 1. The van der Waals surface area contributed by atoms with Gasteiger partial charge < -0.3 is 11.1 Å². The minimum absolute atomic E-state index is 0.00806. The van der Waals surface area contributed by atoms with Crippen molar-refractivity contribution in [3.05, 3.63) is 23.7 Å². The maximum atomic E-state index is 12.3. The van der Waals surface area contributed by atoms with Gasteiger partial charge in [-0.1, -0.05) is 20.8 Å². The number of rotatable bonds is 4. The monoisotopic (exact) mass is 291 g/mol. The molecule has 1 amide bonds. The summed E-state index contributed by atoms with van der Waals surface area (Å²) in [4.78, 5) is 16.5. The lowest BCUT2D eigenvalue weighted by atomic mass is 9.84. The molecule has 0 bridgehead atoms. The first-order chi connectivity index (χ1) is 9.39. The van der Waals surface area contributed by atoms with E-state index < -0.39 is 0 Å². The van der Waals surface area contributed by atoms with Gasteiger partial charge in [0.25, 0.3) is 0 Å². The van der Waals surface area contributed by atoms with E-state index in [-0.39, 0.29) is 17.2 Å². The van der Waals surface area contributed by atoms with E-state index in [4.69, 9.17) is 5.73 Å². The summed E-state index contributed by atoms with van der Waals surface area (Å²) >= 11 is 1.57. The van der Waals surface area contributed by atoms with E-state index in [2.05, 4.69) is 31.1 Å². The minimum atomic E-state index is -0.160. The van der Waals surface area contributed by atoms with Crippen LogP contribution in [0, 0.1) is 11.3 Å². The normalized spacial score (nSPS) is 13.4. The Hall–Kier alpha value is -1.46. The molecule has 0 aliphatic rings. The van der Waals surface area contributed by atoms with Crippen molar-refractivity contribution < 1.29 is 4.79 Å². The Morgan fingerprint density at radius 1 is 1.45 bits per heavy atom. The Kier molecular flexibility index (Phi) is 4.40. The molecule has 0 aliphatic heterocycles. The van der Waals surface area contributed by atoms with Gasteiger partial charge in [0.15, 0.2) is 0 Å². The van der Waals surface area contributed by atoms with E-state index in [1.807, 2.05) is 18.2 Å². The number of carbonyl (C=O) groups excluding carboxylic acids is 1. The number of aromatic nitrogens is 1. The van der Waals surface area contributed by atoms with Crippen LogP contribution >= 0.6 is 11.3 Å². The van der Waals surface area contributed by atoms with Gasteiger partial charge in [0, 0.05) is 12.2 Å². The molecule has 2 aromatic rings. The summed E-state index contributed by atoms with van der Waals surface area (Å²) in [6.45, 7) is 6.72. The third-order valence-electron chi connectivity index (χ3n) is 3.11. The van der Waals surface area contributed by atoms with Crippen LogP contribution in [0.4, 0.5) is 5.69 Å². The van der Waals surface area contributed by atoms with E-state index in [0.29, 0.717) is 6.54 Å². The Bertz CT molecular complexity index is 600. The number of thiazole rings is 1. The standard InChI is InChI=1S/C15H21N3OS/c1-15(2,3)7-10(8-16)14(19)18-11-4-5-12-13(6-11)20-9-17-12/h4-6,9-10H,7-8,16H2,1-3H3,(H,18,19). The molecular formula is C15H21N3OS. The molecule has 0 radical (unpaired) electrons. The average molecular weight is 291 g/mol. The van der Waals surface area contributed by atoms with Crippen molar-refractivity contribution in [3.63, 3.8) is 0 Å². The lowest BCUT2D eigenvalue weighted by Crippen LogP contribution is -2.32. The zero-order valence-corrected chi connectivity index (χ0v) is 13.0. The summed E-state index contributed by atoms with van der Waals surface area (Å²) in [5.41, 5.74) is 9.39. The van der Waals surface area contributed by atoms with Gasteiger partial charge in [0.05, 0.1) is 21.6 Å². The largest absolute Gasteiger partial charge is 0.330 e. The fourth-order valence-electron chi connectivity index (χ4n) is 2.20. The first-order valence-corrected chi connectivity index (χ1v) is 7.61. The van der Waals surface area contributed by atoms with E-state index in [0.717, 1.165) is 22.3 Å². The average Bonchev–Trinajstić information content (AvgIpc) is 2.82. The molecule has 1 aromatic carbocycles. The highest BCUT2D eigenvalue weighted by atomic mass is 32.1. The van der Waals surface area contributed by atoms with Gasteiger partial charge in [0.2, 0.25) is 5.91 Å². The zero-order valence-electron chi connectivity index (χ0n) is 12.1. The molecule has 0 fully saturated rings. The Morgan fingerprint density at radius 3 is 2.85 bits per heavy atom. The van der Waals surface area contributed by atoms with Crippen LogP contribution < -0.4 is 11.1 Å². The Balaban J connectivity index is 2.09. The molecule has 2 rings (SSSR count). The van der Waals surface area contributed by atoms with Crippen molar-refractivity contribution in [3.8, 4) is 0 Å². The molecule has 3 N–H and O–H groups in total. The van der Waals surface area contributed by atoms with Crippen LogP contribution in [-0.4, -0.2) is 17.4 Å². The fraction of sp³-hybridized carbons (Fsp3) is 0.467. The Morgan fingerprint density at radius 2 is 2.20 bits per heavy atom. The van der Waals surface area contributed by atoms with Gasteiger partial charge in [0.1, 0.15) is 0 Å². The van der Waals surface area contributed by atoms with E-state index in [1.54, 1.807) is 16.8 Å². The van der Waals surface area contributed by atoms with Gasteiger partial charge in [-0.2, -0.15) is 0 Å². The van der Waals surface area contributed by atoms with E-state index in [1.165, 1.54) is 0 Å². The second-order valence-electron chi connectivity index (χ2n) is 6.22. The molecule has 4 nitrogen and oxygen atoms in total. The van der Waals surface area contributed by atoms with Crippen molar-refractivity contribution in [1.82, 2.24) is 4.98 Å². The number of nitrogens with two attached hydrogens (primary N) is 1. The van der Waals surface area contributed by atoms with Crippen LogP contribution in [-0.2, 0) is 4.79 Å². The molecule has 1 unspecified atom stereocenters. The molecule has 1 atom stereocenters. The summed E-state index contributed by atoms with van der Waals surface area (Å²) in [6, 6.07) is 5.75. The van der Waals surface area contributed by atoms with E-state index in [9.17, 15) is 4.79 Å². The van der Waals surface area contributed by atoms with Crippen LogP contribution in [0.1, 0.15) is 27.2 Å². The fourth-order valence-corrected chi connectivity index (χ4v) is 2.92. The number of nitrogens with one attached hydrogen (secondary N) is 1. The summed E-state index contributed by atoms with van der Waals surface area (Å²) in [6.07, 6.45) is 0.776. The number of hydrogen-bond acceptors (Lipinski definition) is 4. The molecule has 0 aliphatic carbocycles. The van der Waals surface area contributed by atoms with Crippen LogP contribution in [0.15, 0.2) is 23.7 Å². The molecule has 108 valence electrons. The highest BCUT2D eigenvalue weighted by Crippen LogP contribution is 2.26. The number of anilines is 1. The van der Waals surface area contributed by atoms with Crippen LogP contribution in [0.25, 0.3) is 10.2 Å². The molecule has 1 aromatic heterocycles. The second-order valence-corrected chi connectivity index (χ2v) is 7.11. The minimum Gasteiger partial charge on any atom is -0.330 e. The van der Waals surface area contributed by atoms with Crippen LogP contribution in [0.2, 0.25) is 0 Å². The lowest BCUT2D eigenvalue weighted by molar-refractivity contribution is -0.120. The second kappa shape index (κ2) is 5.89. The smallest absolute Gasteiger partial charge is 0.228 e. The van der Waals surface area contributed by atoms with Crippen molar-refractivity contribution in [1.29, 1.82) is 0 Å². The van der Waals surface area contributed by atoms with Crippen molar-refractivity contribution in [2.24, 2.45) is 17.1 Å². The zero-order chi connectivity index (χ0) is 14.8. The highest BCUT2D eigenvalue weighted by molar-refractivity contribution is 7.16. The topological polar surface area (TPSA) is 68.0 Å². The quantitative estimate of drug-likeness (QED) is 0.908. The maximum absolute atomic E-state index is 12.3. The predicted octanol–water partition coefficient (Wildman–Crippen LogP) is 3.25. The van der Waals surface area contributed by atoms with Gasteiger partial charge in [-0.15, -0.1) is 11.3 Å². The molecule has 1 heterocycles. The Labute approximate surface area is 123 Å². The summed E-state index contributed by atoms with van der Waals surface area (Å²) in [7, 11) is 0. The first kappa shape index (κ1) is 14.9. The summed E-state index contributed by atoms with van der Waals surface area (Å²) < 4.78 is 1.07. The first-order valence-electron chi connectivity index (χ1n) is 6.73. The number of hydrogen-bond donors (Lipinski definition) is 2.